The Labute approximate surface area is 141 Å². The average molecular weight is 333 g/mol. The number of carbonyl (C=O) groups is 1. The molecule has 0 bridgehead atoms. The van der Waals surface area contributed by atoms with E-state index in [1.54, 1.807) is 0 Å². The van der Waals surface area contributed by atoms with E-state index in [0.29, 0.717) is 12.3 Å². The maximum absolute atomic E-state index is 12.7. The van der Waals surface area contributed by atoms with Crippen molar-refractivity contribution in [1.29, 1.82) is 0 Å². The van der Waals surface area contributed by atoms with E-state index in [4.69, 9.17) is 16.0 Å². The van der Waals surface area contributed by atoms with Crippen LogP contribution in [0.3, 0.4) is 0 Å². The number of oxazole rings is 1. The monoisotopic (exact) mass is 332 g/mol. The molecule has 0 saturated heterocycles. The van der Waals surface area contributed by atoms with Gasteiger partial charge in [-0.1, -0.05) is 36.6 Å². The summed E-state index contributed by atoms with van der Waals surface area (Å²) in [6.45, 7) is 2.27. The maximum atomic E-state index is 12.7. The van der Waals surface area contributed by atoms with E-state index in [1.165, 1.54) is 6.39 Å². The first-order chi connectivity index (χ1) is 11.1. The number of rotatable bonds is 4. The second-order valence-corrected chi connectivity index (χ2v) is 6.57. The van der Waals surface area contributed by atoms with Gasteiger partial charge in [-0.15, -0.1) is 0 Å². The van der Waals surface area contributed by atoms with Crippen molar-refractivity contribution >= 4 is 17.5 Å². The van der Waals surface area contributed by atoms with Crippen molar-refractivity contribution in [3.8, 4) is 0 Å². The summed E-state index contributed by atoms with van der Waals surface area (Å²) in [7, 11) is 0. The van der Waals surface area contributed by atoms with E-state index in [9.17, 15) is 4.79 Å². The van der Waals surface area contributed by atoms with Crippen molar-refractivity contribution < 1.29 is 9.21 Å². The minimum Gasteiger partial charge on any atom is -0.446 e. The van der Waals surface area contributed by atoms with E-state index >= 15 is 0 Å². The molecule has 1 N–H and O–H groups in total. The standard InChI is InChI=1S/C18H21ClN2O2/c1-12-17(23-11-21-12)10-20-18(22)16-8-3-2-7-15(16)13-5-4-6-14(19)9-13/h4-6,9,11,15-16H,2-3,7-8,10H2,1H3,(H,20,22)/t15-,16+/m0/s1. The van der Waals surface area contributed by atoms with Gasteiger partial charge in [-0.25, -0.2) is 4.98 Å². The van der Waals surface area contributed by atoms with Crippen LogP contribution in [-0.4, -0.2) is 10.9 Å². The number of nitrogens with one attached hydrogen (secondary N) is 1. The predicted molar refractivity (Wildman–Crippen MR) is 89.2 cm³/mol. The van der Waals surface area contributed by atoms with Crippen molar-refractivity contribution in [3.63, 3.8) is 0 Å². The number of amides is 1. The maximum Gasteiger partial charge on any atom is 0.224 e. The number of nitrogens with zero attached hydrogens (tertiary/aromatic N) is 1. The molecule has 0 spiro atoms. The zero-order valence-corrected chi connectivity index (χ0v) is 14.0. The number of hydrogen-bond acceptors (Lipinski definition) is 3. The number of carbonyl (C=O) groups excluding carboxylic acids is 1. The molecule has 0 radical (unpaired) electrons. The van der Waals surface area contributed by atoms with Crippen LogP contribution < -0.4 is 5.32 Å². The summed E-state index contributed by atoms with van der Waals surface area (Å²) >= 11 is 6.12. The second kappa shape index (κ2) is 7.18. The Bertz CT molecular complexity index is 683. The molecule has 1 aromatic heterocycles. The zero-order valence-electron chi connectivity index (χ0n) is 13.2. The molecule has 1 heterocycles. The van der Waals surface area contributed by atoms with Gasteiger partial charge in [0.15, 0.2) is 6.39 Å². The quantitative estimate of drug-likeness (QED) is 0.911. The summed E-state index contributed by atoms with van der Waals surface area (Å²) in [5.74, 6) is 1.03. The third-order valence-corrected chi connectivity index (χ3v) is 4.88. The summed E-state index contributed by atoms with van der Waals surface area (Å²) in [5, 5.41) is 3.73. The molecule has 4 nitrogen and oxygen atoms in total. The molecule has 0 unspecified atom stereocenters. The van der Waals surface area contributed by atoms with E-state index < -0.39 is 0 Å². The van der Waals surface area contributed by atoms with Crippen molar-refractivity contribution in [2.75, 3.05) is 0 Å². The molecule has 1 aliphatic carbocycles. The van der Waals surface area contributed by atoms with Crippen molar-refractivity contribution in [3.05, 3.63) is 52.7 Å². The van der Waals surface area contributed by atoms with Crippen molar-refractivity contribution in [1.82, 2.24) is 10.3 Å². The van der Waals surface area contributed by atoms with E-state index in [1.807, 2.05) is 25.1 Å². The first-order valence-electron chi connectivity index (χ1n) is 8.07. The van der Waals surface area contributed by atoms with Crippen molar-refractivity contribution in [2.24, 2.45) is 5.92 Å². The van der Waals surface area contributed by atoms with E-state index in [-0.39, 0.29) is 17.7 Å². The van der Waals surface area contributed by atoms with Crippen LogP contribution in [0.15, 0.2) is 35.1 Å². The van der Waals surface area contributed by atoms with Gasteiger partial charge in [-0.2, -0.15) is 0 Å². The second-order valence-electron chi connectivity index (χ2n) is 6.13. The molecule has 1 saturated carbocycles. The summed E-state index contributed by atoms with van der Waals surface area (Å²) in [5.41, 5.74) is 1.98. The lowest BCUT2D eigenvalue weighted by molar-refractivity contribution is -0.126. The van der Waals surface area contributed by atoms with E-state index in [0.717, 1.165) is 42.0 Å². The van der Waals surface area contributed by atoms with Gasteiger partial charge in [0.2, 0.25) is 5.91 Å². The smallest absolute Gasteiger partial charge is 0.224 e. The molecule has 1 fully saturated rings. The van der Waals surface area contributed by atoms with Crippen LogP contribution in [-0.2, 0) is 11.3 Å². The first-order valence-corrected chi connectivity index (χ1v) is 8.45. The number of aromatic nitrogens is 1. The Hall–Kier alpha value is -1.81. The third-order valence-electron chi connectivity index (χ3n) is 4.65. The number of aryl methyl sites for hydroxylation is 1. The van der Waals surface area contributed by atoms with Crippen LogP contribution in [0.5, 0.6) is 0 Å². The van der Waals surface area contributed by atoms with Crippen LogP contribution in [0, 0.1) is 12.8 Å². The Kier molecular flexibility index (Phi) is 5.01. The van der Waals surface area contributed by atoms with Gasteiger partial charge >= 0.3 is 0 Å². The summed E-state index contributed by atoms with van der Waals surface area (Å²) in [6.07, 6.45) is 5.60. The fourth-order valence-corrected chi connectivity index (χ4v) is 3.57. The molecule has 122 valence electrons. The number of halogens is 1. The largest absolute Gasteiger partial charge is 0.446 e. The van der Waals surface area contributed by atoms with Crippen LogP contribution in [0.1, 0.15) is 48.6 Å². The van der Waals surface area contributed by atoms with Crippen LogP contribution in [0.25, 0.3) is 0 Å². The van der Waals surface area contributed by atoms with Gasteiger partial charge in [-0.05, 0) is 43.4 Å². The zero-order chi connectivity index (χ0) is 16.2. The van der Waals surface area contributed by atoms with Crippen LogP contribution in [0.4, 0.5) is 0 Å². The highest BCUT2D eigenvalue weighted by Gasteiger charge is 2.32. The SMILES string of the molecule is Cc1ncoc1CNC(=O)[C@@H]1CCCC[C@H]1c1cccc(Cl)c1. The highest BCUT2D eigenvalue weighted by atomic mass is 35.5. The minimum atomic E-state index is -0.00885. The number of benzene rings is 1. The topological polar surface area (TPSA) is 55.1 Å². The first kappa shape index (κ1) is 16.1. The molecular formula is C18H21ClN2O2. The lowest BCUT2D eigenvalue weighted by Crippen LogP contribution is -2.35. The molecular weight excluding hydrogens is 312 g/mol. The Morgan fingerprint density at radius 3 is 2.96 bits per heavy atom. The lowest BCUT2D eigenvalue weighted by atomic mass is 9.75. The minimum absolute atomic E-state index is 0.00885. The molecule has 1 aromatic carbocycles. The lowest BCUT2D eigenvalue weighted by Gasteiger charge is -2.31. The molecule has 2 aromatic rings. The highest BCUT2D eigenvalue weighted by Crippen LogP contribution is 2.38. The summed E-state index contributed by atoms with van der Waals surface area (Å²) in [4.78, 5) is 16.7. The van der Waals surface area contributed by atoms with Gasteiger partial charge in [0.25, 0.3) is 0 Å². The average Bonchev–Trinajstić information content (AvgIpc) is 2.98. The molecule has 23 heavy (non-hydrogen) atoms. The van der Waals surface area contributed by atoms with Crippen LogP contribution in [0.2, 0.25) is 5.02 Å². The highest BCUT2D eigenvalue weighted by molar-refractivity contribution is 6.30. The molecule has 5 heteroatoms. The molecule has 0 aliphatic heterocycles. The third kappa shape index (κ3) is 3.75. The van der Waals surface area contributed by atoms with Gasteiger partial charge in [0.05, 0.1) is 12.2 Å². The number of hydrogen-bond donors (Lipinski definition) is 1. The fourth-order valence-electron chi connectivity index (χ4n) is 3.38. The predicted octanol–water partition coefficient (Wildman–Crippen LogP) is 4.23. The van der Waals surface area contributed by atoms with Gasteiger partial charge in [0, 0.05) is 10.9 Å². The van der Waals surface area contributed by atoms with Gasteiger partial charge in [0.1, 0.15) is 5.76 Å². The Morgan fingerprint density at radius 2 is 2.22 bits per heavy atom. The Balaban J connectivity index is 1.70. The molecule has 3 rings (SSSR count). The summed E-state index contributed by atoms with van der Waals surface area (Å²) in [6, 6.07) is 7.88. The molecule has 1 aliphatic rings. The van der Waals surface area contributed by atoms with Gasteiger partial charge < -0.3 is 9.73 Å². The Morgan fingerprint density at radius 1 is 1.39 bits per heavy atom. The van der Waals surface area contributed by atoms with Crippen molar-refractivity contribution in [2.45, 2.75) is 45.1 Å². The summed E-state index contributed by atoms with van der Waals surface area (Å²) < 4.78 is 5.29. The molecule has 2 atom stereocenters. The van der Waals surface area contributed by atoms with Crippen LogP contribution >= 0.6 is 11.6 Å². The fraction of sp³-hybridized carbons (Fsp3) is 0.444. The van der Waals surface area contributed by atoms with E-state index in [2.05, 4.69) is 16.4 Å². The normalized spacial score (nSPS) is 21.1. The van der Waals surface area contributed by atoms with Gasteiger partial charge in [-0.3, -0.25) is 4.79 Å². The molecule has 1 amide bonds.